The van der Waals surface area contributed by atoms with Gasteiger partial charge in [0.15, 0.2) is 0 Å². The van der Waals surface area contributed by atoms with Crippen molar-refractivity contribution in [2.24, 2.45) is 0 Å². The number of fused-ring (bicyclic) bond motifs is 3. The fourth-order valence-electron chi connectivity index (χ4n) is 2.79. The highest BCUT2D eigenvalue weighted by Gasteiger charge is 2.28. The molecule has 0 spiro atoms. The molecule has 0 unspecified atom stereocenters. The molecule has 3 rings (SSSR count). The molecule has 0 heterocycles. The molecule has 5 heteroatoms. The predicted molar refractivity (Wildman–Crippen MR) is 78.8 cm³/mol. The van der Waals surface area contributed by atoms with Crippen LogP contribution in [0.5, 0.6) is 0 Å². The second kappa shape index (κ2) is 5.89. The smallest absolute Gasteiger partial charge is 0.407 e. The lowest BCUT2D eigenvalue weighted by Crippen LogP contribution is -2.30. The van der Waals surface area contributed by atoms with Crippen LogP contribution < -0.4 is 5.32 Å². The summed E-state index contributed by atoms with van der Waals surface area (Å²) >= 11 is 0. The predicted octanol–water partition coefficient (Wildman–Crippen LogP) is 2.48. The van der Waals surface area contributed by atoms with Crippen LogP contribution in [0.2, 0.25) is 0 Å². The first kappa shape index (κ1) is 14.1. The maximum atomic E-state index is 11.5. The van der Waals surface area contributed by atoms with Crippen LogP contribution in [0.25, 0.3) is 11.1 Å². The van der Waals surface area contributed by atoms with E-state index < -0.39 is 18.6 Å². The molecule has 5 nitrogen and oxygen atoms in total. The van der Waals surface area contributed by atoms with Crippen molar-refractivity contribution >= 4 is 12.1 Å². The van der Waals surface area contributed by atoms with Crippen molar-refractivity contribution in [1.82, 2.24) is 5.32 Å². The zero-order chi connectivity index (χ0) is 15.5. The first-order valence-corrected chi connectivity index (χ1v) is 6.95. The lowest BCUT2D eigenvalue weighted by atomic mass is 9.98. The van der Waals surface area contributed by atoms with Crippen LogP contribution >= 0.6 is 0 Å². The summed E-state index contributed by atoms with van der Waals surface area (Å²) < 4.78 is 5.15. The summed E-state index contributed by atoms with van der Waals surface area (Å²) in [6.45, 7) is -0.399. The summed E-state index contributed by atoms with van der Waals surface area (Å²) in [4.78, 5) is 21.8. The average molecular weight is 296 g/mol. The topological polar surface area (TPSA) is 75.3 Å². The van der Waals surface area contributed by atoms with Crippen LogP contribution in [0.1, 0.15) is 17.0 Å². The molecular formula is C17H14NO4. The standard InChI is InChI=1S/C17H14NO4/c19-16(20)9-18-17(21)22-10-15-13-7-3-1-5-11(13)12-6-2-4-8-14(12)15/h1-8,15H,9-10H2,(H,18,21). The molecule has 0 aliphatic heterocycles. The van der Waals surface area contributed by atoms with Crippen LogP contribution in [0.3, 0.4) is 0 Å². The summed E-state index contributed by atoms with van der Waals surface area (Å²) in [5.74, 6) is -1.39. The molecule has 1 radical (unpaired) electrons. The minimum absolute atomic E-state index is 0.0406. The number of carbonyl (C=O) groups is 2. The van der Waals surface area contributed by atoms with Crippen LogP contribution in [-0.4, -0.2) is 25.2 Å². The largest absolute Gasteiger partial charge is 0.449 e. The maximum absolute atomic E-state index is 11.5. The Kier molecular flexibility index (Phi) is 3.78. The van der Waals surface area contributed by atoms with Gasteiger partial charge in [0.25, 0.3) is 0 Å². The lowest BCUT2D eigenvalue weighted by molar-refractivity contribution is -0.141. The third-order valence-electron chi connectivity index (χ3n) is 3.72. The van der Waals surface area contributed by atoms with Gasteiger partial charge < -0.3 is 10.1 Å². The van der Waals surface area contributed by atoms with E-state index in [-0.39, 0.29) is 12.5 Å². The Bertz CT molecular complexity index is 681. The van der Waals surface area contributed by atoms with E-state index in [1.807, 2.05) is 48.5 Å². The molecule has 0 atom stereocenters. The second-order valence-electron chi connectivity index (χ2n) is 5.05. The molecule has 1 aliphatic carbocycles. The van der Waals surface area contributed by atoms with Crippen LogP contribution in [0.15, 0.2) is 48.5 Å². The van der Waals surface area contributed by atoms with Gasteiger partial charge in [0.05, 0.1) is 0 Å². The molecule has 1 aliphatic rings. The van der Waals surface area contributed by atoms with E-state index in [0.29, 0.717) is 0 Å². The molecular weight excluding hydrogens is 282 g/mol. The van der Waals surface area contributed by atoms with Gasteiger partial charge in [0, 0.05) is 5.92 Å². The number of nitrogens with one attached hydrogen (secondary N) is 1. The summed E-state index contributed by atoms with van der Waals surface area (Å²) in [6.07, 6.45) is -0.758. The third kappa shape index (κ3) is 2.65. The van der Waals surface area contributed by atoms with Gasteiger partial charge in [-0.05, 0) is 22.3 Å². The Morgan fingerprint density at radius 3 is 2.05 bits per heavy atom. The van der Waals surface area contributed by atoms with E-state index >= 15 is 0 Å². The highest BCUT2D eigenvalue weighted by atomic mass is 16.5. The molecule has 111 valence electrons. The molecule has 22 heavy (non-hydrogen) atoms. The molecule has 0 bridgehead atoms. The average Bonchev–Trinajstić information content (AvgIpc) is 2.85. The maximum Gasteiger partial charge on any atom is 0.407 e. The Morgan fingerprint density at radius 1 is 0.955 bits per heavy atom. The number of ether oxygens (including phenoxy) is 1. The molecule has 0 saturated heterocycles. The van der Waals surface area contributed by atoms with Gasteiger partial charge in [-0.15, -0.1) is 0 Å². The summed E-state index contributed by atoms with van der Waals surface area (Å²) in [7, 11) is 0. The molecule has 0 aromatic heterocycles. The molecule has 2 aromatic carbocycles. The molecule has 0 saturated carbocycles. The second-order valence-corrected chi connectivity index (χ2v) is 5.05. The van der Waals surface area contributed by atoms with E-state index in [1.165, 1.54) is 0 Å². The Morgan fingerprint density at radius 2 is 1.50 bits per heavy atom. The van der Waals surface area contributed by atoms with E-state index in [2.05, 4.69) is 5.32 Å². The molecule has 1 amide bonds. The summed E-state index contributed by atoms with van der Waals surface area (Å²) in [5.41, 5.74) is 4.50. The van der Waals surface area contributed by atoms with Gasteiger partial charge in [-0.25, -0.2) is 14.7 Å². The van der Waals surface area contributed by atoms with E-state index in [4.69, 9.17) is 4.74 Å². The van der Waals surface area contributed by atoms with Gasteiger partial charge in [0.1, 0.15) is 13.2 Å². The van der Waals surface area contributed by atoms with Gasteiger partial charge in [-0.2, -0.15) is 0 Å². The minimum Gasteiger partial charge on any atom is -0.449 e. The zero-order valence-corrected chi connectivity index (χ0v) is 11.7. The first-order chi connectivity index (χ1) is 10.7. The monoisotopic (exact) mass is 296 g/mol. The Balaban J connectivity index is 1.77. The molecule has 2 aromatic rings. The number of rotatable bonds is 4. The molecule has 0 fully saturated rings. The van der Waals surface area contributed by atoms with E-state index in [0.717, 1.165) is 22.3 Å². The SMILES string of the molecule is [O]C(=O)CNC(=O)OCC1c2ccccc2-c2ccccc21. The van der Waals surface area contributed by atoms with Crippen molar-refractivity contribution in [3.63, 3.8) is 0 Å². The highest BCUT2D eigenvalue weighted by Crippen LogP contribution is 2.44. The number of amides is 1. The summed E-state index contributed by atoms with van der Waals surface area (Å²) in [6, 6.07) is 16.0. The van der Waals surface area contributed by atoms with E-state index in [1.54, 1.807) is 0 Å². The minimum atomic E-state index is -1.35. The van der Waals surface area contributed by atoms with Crippen molar-refractivity contribution in [3.8, 4) is 11.1 Å². The third-order valence-corrected chi connectivity index (χ3v) is 3.72. The molecule has 1 N–H and O–H groups in total. The van der Waals surface area contributed by atoms with Crippen LogP contribution in [0.4, 0.5) is 4.79 Å². The van der Waals surface area contributed by atoms with E-state index in [9.17, 15) is 14.7 Å². The fourth-order valence-corrected chi connectivity index (χ4v) is 2.79. The van der Waals surface area contributed by atoms with Crippen molar-refractivity contribution < 1.29 is 19.4 Å². The van der Waals surface area contributed by atoms with Crippen molar-refractivity contribution in [1.29, 1.82) is 0 Å². The Labute approximate surface area is 127 Å². The number of hydrogen-bond acceptors (Lipinski definition) is 3. The fraction of sp³-hybridized carbons (Fsp3) is 0.176. The quantitative estimate of drug-likeness (QED) is 0.941. The van der Waals surface area contributed by atoms with Gasteiger partial charge in [0.2, 0.25) is 0 Å². The van der Waals surface area contributed by atoms with Gasteiger partial charge >= 0.3 is 12.1 Å². The lowest BCUT2D eigenvalue weighted by Gasteiger charge is -2.14. The van der Waals surface area contributed by atoms with Crippen molar-refractivity contribution in [3.05, 3.63) is 59.7 Å². The number of hydrogen-bond donors (Lipinski definition) is 1. The number of benzene rings is 2. The van der Waals surface area contributed by atoms with Crippen LogP contribution in [-0.2, 0) is 14.6 Å². The highest BCUT2D eigenvalue weighted by molar-refractivity contribution is 5.79. The Hall–Kier alpha value is -2.82. The van der Waals surface area contributed by atoms with Gasteiger partial charge in [-0.3, -0.25) is 0 Å². The zero-order valence-electron chi connectivity index (χ0n) is 11.7. The first-order valence-electron chi connectivity index (χ1n) is 6.95. The normalized spacial score (nSPS) is 12.4. The summed E-state index contributed by atoms with van der Waals surface area (Å²) in [5, 5.41) is 12.4. The van der Waals surface area contributed by atoms with Gasteiger partial charge in [-0.1, -0.05) is 48.5 Å². The van der Waals surface area contributed by atoms with Crippen LogP contribution in [0, 0.1) is 0 Å². The number of carbonyl (C=O) groups excluding carboxylic acids is 2. The van der Waals surface area contributed by atoms with Crippen molar-refractivity contribution in [2.75, 3.05) is 13.2 Å². The number of alkyl carbamates (subject to hydrolysis) is 1. The van der Waals surface area contributed by atoms with Crippen molar-refractivity contribution in [2.45, 2.75) is 5.92 Å².